The van der Waals surface area contributed by atoms with Gasteiger partial charge in [-0.15, -0.1) is 11.3 Å². The largest absolute Gasteiger partial charge is 0.381 e. The lowest BCUT2D eigenvalue weighted by atomic mass is 10.0. The first kappa shape index (κ1) is 13.7. The Morgan fingerprint density at radius 2 is 2.33 bits per heavy atom. The number of rotatable bonds is 5. The fraction of sp³-hybridized carbons (Fsp3) is 0.688. The van der Waals surface area contributed by atoms with E-state index < -0.39 is 0 Å². The van der Waals surface area contributed by atoms with Crippen molar-refractivity contribution in [3.63, 3.8) is 0 Å². The molecule has 0 spiro atoms. The standard InChI is InChI=1S/C16H23N3OS/c1-11-14(8-17-7-12-3-2-6-20-9-12)19-15(13-4-5-13)10-21-16(19)18-11/h10,12-13,17H,2-9H2,1H3. The molecule has 1 aliphatic carbocycles. The predicted octanol–water partition coefficient (Wildman–Crippen LogP) is 3.10. The van der Waals surface area contributed by atoms with Gasteiger partial charge in [-0.2, -0.15) is 0 Å². The van der Waals surface area contributed by atoms with E-state index in [2.05, 4.69) is 22.0 Å². The maximum absolute atomic E-state index is 5.55. The van der Waals surface area contributed by atoms with E-state index in [0.29, 0.717) is 5.92 Å². The van der Waals surface area contributed by atoms with Crippen LogP contribution in [-0.4, -0.2) is 29.1 Å². The average molecular weight is 305 g/mol. The van der Waals surface area contributed by atoms with Crippen molar-refractivity contribution < 1.29 is 4.74 Å². The molecule has 1 unspecified atom stereocenters. The molecule has 4 rings (SSSR count). The van der Waals surface area contributed by atoms with Crippen LogP contribution in [-0.2, 0) is 11.3 Å². The number of fused-ring (bicyclic) bond motifs is 1. The van der Waals surface area contributed by atoms with Gasteiger partial charge in [-0.05, 0) is 38.5 Å². The Morgan fingerprint density at radius 3 is 3.10 bits per heavy atom. The van der Waals surface area contributed by atoms with Crippen molar-refractivity contribution in [3.8, 4) is 0 Å². The van der Waals surface area contributed by atoms with Gasteiger partial charge in [0.1, 0.15) is 0 Å². The Morgan fingerprint density at radius 1 is 1.43 bits per heavy atom. The van der Waals surface area contributed by atoms with Gasteiger partial charge in [-0.25, -0.2) is 4.98 Å². The third-order valence-electron chi connectivity index (χ3n) is 4.66. The molecule has 2 fully saturated rings. The summed E-state index contributed by atoms with van der Waals surface area (Å²) < 4.78 is 7.96. The number of thiazole rings is 1. The Labute approximate surface area is 129 Å². The van der Waals surface area contributed by atoms with Crippen molar-refractivity contribution in [2.45, 2.75) is 45.1 Å². The van der Waals surface area contributed by atoms with E-state index >= 15 is 0 Å². The van der Waals surface area contributed by atoms with Gasteiger partial charge >= 0.3 is 0 Å². The maximum atomic E-state index is 5.55. The topological polar surface area (TPSA) is 38.6 Å². The van der Waals surface area contributed by atoms with Gasteiger partial charge in [0, 0.05) is 36.7 Å². The van der Waals surface area contributed by atoms with Crippen molar-refractivity contribution in [2.24, 2.45) is 5.92 Å². The number of aromatic nitrogens is 2. The van der Waals surface area contributed by atoms with Crippen molar-refractivity contribution in [1.29, 1.82) is 0 Å². The minimum absolute atomic E-state index is 0.674. The molecule has 2 aromatic rings. The second-order valence-electron chi connectivity index (χ2n) is 6.41. The predicted molar refractivity (Wildman–Crippen MR) is 85.0 cm³/mol. The highest BCUT2D eigenvalue weighted by atomic mass is 32.1. The normalized spacial score (nSPS) is 23.0. The first-order valence-corrected chi connectivity index (χ1v) is 8.94. The smallest absolute Gasteiger partial charge is 0.194 e. The van der Waals surface area contributed by atoms with Gasteiger partial charge in [0.05, 0.1) is 18.0 Å². The number of hydrogen-bond acceptors (Lipinski definition) is 4. The zero-order chi connectivity index (χ0) is 14.2. The second-order valence-corrected chi connectivity index (χ2v) is 7.25. The molecule has 2 aromatic heterocycles. The third-order valence-corrected chi connectivity index (χ3v) is 5.51. The number of imidazole rings is 1. The number of aryl methyl sites for hydroxylation is 1. The molecule has 0 radical (unpaired) electrons. The summed E-state index contributed by atoms with van der Waals surface area (Å²) in [4.78, 5) is 5.89. The van der Waals surface area contributed by atoms with Crippen LogP contribution in [0.1, 0.15) is 48.7 Å². The van der Waals surface area contributed by atoms with E-state index in [1.165, 1.54) is 42.8 Å². The number of ether oxygens (including phenoxy) is 1. The van der Waals surface area contributed by atoms with E-state index in [9.17, 15) is 0 Å². The maximum Gasteiger partial charge on any atom is 0.194 e. The van der Waals surface area contributed by atoms with Crippen LogP contribution in [0.5, 0.6) is 0 Å². The highest BCUT2D eigenvalue weighted by Gasteiger charge is 2.28. The first-order valence-electron chi connectivity index (χ1n) is 8.06. The average Bonchev–Trinajstić information content (AvgIpc) is 3.19. The van der Waals surface area contributed by atoms with E-state index in [1.54, 1.807) is 11.3 Å². The number of hydrogen-bond donors (Lipinski definition) is 1. The quantitative estimate of drug-likeness (QED) is 0.922. The van der Waals surface area contributed by atoms with E-state index in [1.807, 2.05) is 0 Å². The van der Waals surface area contributed by atoms with Crippen LogP contribution in [0.15, 0.2) is 5.38 Å². The van der Waals surface area contributed by atoms with Crippen LogP contribution in [0.25, 0.3) is 4.96 Å². The van der Waals surface area contributed by atoms with Crippen molar-refractivity contribution >= 4 is 16.3 Å². The lowest BCUT2D eigenvalue weighted by molar-refractivity contribution is 0.0547. The van der Waals surface area contributed by atoms with Gasteiger partial charge in [0.2, 0.25) is 0 Å². The Balaban J connectivity index is 1.47. The summed E-state index contributed by atoms with van der Waals surface area (Å²) in [6.45, 7) is 5.96. The Kier molecular flexibility index (Phi) is 3.73. The van der Waals surface area contributed by atoms with Crippen LogP contribution < -0.4 is 5.32 Å². The Hall–Kier alpha value is -0.910. The zero-order valence-corrected chi connectivity index (χ0v) is 13.4. The fourth-order valence-corrected chi connectivity index (χ4v) is 4.31. The monoisotopic (exact) mass is 305 g/mol. The number of nitrogens with one attached hydrogen (secondary N) is 1. The van der Waals surface area contributed by atoms with Crippen molar-refractivity contribution in [1.82, 2.24) is 14.7 Å². The highest BCUT2D eigenvalue weighted by Crippen LogP contribution is 2.42. The van der Waals surface area contributed by atoms with Gasteiger partial charge in [-0.1, -0.05) is 0 Å². The molecule has 3 heterocycles. The molecule has 0 amide bonds. The first-order chi connectivity index (χ1) is 10.3. The third kappa shape index (κ3) is 2.74. The van der Waals surface area contributed by atoms with Crippen LogP contribution >= 0.6 is 11.3 Å². The van der Waals surface area contributed by atoms with Gasteiger partial charge < -0.3 is 10.1 Å². The van der Waals surface area contributed by atoms with Crippen LogP contribution in [0.3, 0.4) is 0 Å². The van der Waals surface area contributed by atoms with Gasteiger partial charge in [0.15, 0.2) is 4.96 Å². The molecule has 0 bridgehead atoms. The summed E-state index contributed by atoms with van der Waals surface area (Å²) in [6, 6.07) is 0. The lowest BCUT2D eigenvalue weighted by Gasteiger charge is -2.22. The summed E-state index contributed by atoms with van der Waals surface area (Å²) >= 11 is 1.78. The fourth-order valence-electron chi connectivity index (χ4n) is 3.27. The molecule has 5 heteroatoms. The molecular weight excluding hydrogens is 282 g/mol. The van der Waals surface area contributed by atoms with E-state index in [-0.39, 0.29) is 0 Å². The van der Waals surface area contributed by atoms with Gasteiger partial charge in [-0.3, -0.25) is 4.40 Å². The minimum atomic E-state index is 0.674. The molecule has 1 saturated carbocycles. The highest BCUT2D eigenvalue weighted by molar-refractivity contribution is 7.15. The summed E-state index contributed by atoms with van der Waals surface area (Å²) in [7, 11) is 0. The molecular formula is C16H23N3OS. The SMILES string of the molecule is Cc1nc2scc(C3CC3)n2c1CNCC1CCCOC1. The minimum Gasteiger partial charge on any atom is -0.381 e. The van der Waals surface area contributed by atoms with E-state index in [0.717, 1.165) is 37.2 Å². The lowest BCUT2D eigenvalue weighted by Crippen LogP contribution is -2.29. The summed E-state index contributed by atoms with van der Waals surface area (Å²) in [6.07, 6.45) is 5.18. The second kappa shape index (κ2) is 5.71. The van der Waals surface area contributed by atoms with Crippen molar-refractivity contribution in [3.05, 3.63) is 22.5 Å². The summed E-state index contributed by atoms with van der Waals surface area (Å²) in [5.41, 5.74) is 4.01. The summed E-state index contributed by atoms with van der Waals surface area (Å²) in [5.74, 6) is 1.45. The van der Waals surface area contributed by atoms with E-state index in [4.69, 9.17) is 9.72 Å². The number of nitrogens with zero attached hydrogens (tertiary/aromatic N) is 2. The molecule has 21 heavy (non-hydrogen) atoms. The zero-order valence-electron chi connectivity index (χ0n) is 12.6. The molecule has 114 valence electrons. The molecule has 1 N–H and O–H groups in total. The Bertz CT molecular complexity index is 623. The van der Waals surface area contributed by atoms with Crippen LogP contribution in [0.4, 0.5) is 0 Å². The molecule has 0 aromatic carbocycles. The van der Waals surface area contributed by atoms with Gasteiger partial charge in [0.25, 0.3) is 0 Å². The molecule has 1 saturated heterocycles. The summed E-state index contributed by atoms with van der Waals surface area (Å²) in [5, 5.41) is 5.93. The van der Waals surface area contributed by atoms with Crippen molar-refractivity contribution in [2.75, 3.05) is 19.8 Å². The molecule has 1 aliphatic heterocycles. The molecule has 4 nitrogen and oxygen atoms in total. The molecule has 1 atom stereocenters. The van der Waals surface area contributed by atoms with Crippen LogP contribution in [0.2, 0.25) is 0 Å². The van der Waals surface area contributed by atoms with Crippen LogP contribution in [0, 0.1) is 12.8 Å². The molecule has 2 aliphatic rings.